The Morgan fingerprint density at radius 2 is 1.74 bits per heavy atom. The lowest BCUT2D eigenvalue weighted by atomic mass is 10.2. The number of carbonyl (C=O) groups is 3. The Bertz CT molecular complexity index is 441. The van der Waals surface area contributed by atoms with E-state index in [1.807, 2.05) is 0 Å². The molecule has 10 heteroatoms. The third kappa shape index (κ3) is 9.72. The van der Waals surface area contributed by atoms with Crippen LogP contribution in [0.2, 0.25) is 0 Å². The highest BCUT2D eigenvalue weighted by Gasteiger charge is 2.23. The van der Waals surface area contributed by atoms with Crippen LogP contribution in [0.1, 0.15) is 27.7 Å². The normalized spacial score (nSPS) is 11.9. The van der Waals surface area contributed by atoms with Crippen LogP contribution < -0.4 is 10.6 Å². The molecule has 0 bridgehead atoms. The molecule has 132 valence electrons. The zero-order valence-corrected chi connectivity index (χ0v) is 14.5. The maximum atomic E-state index is 12.1. The molecule has 0 saturated heterocycles. The summed E-state index contributed by atoms with van der Waals surface area (Å²) in [5.74, 6) is -1.23. The van der Waals surface area contributed by atoms with Crippen molar-refractivity contribution in [2.75, 3.05) is 18.9 Å². The molecular weight excluding hydrogens is 326 g/mol. The van der Waals surface area contributed by atoms with Crippen LogP contribution in [0.4, 0.5) is 0 Å². The molecule has 0 aromatic heterocycles. The van der Waals surface area contributed by atoms with E-state index in [0.717, 1.165) is 11.8 Å². The maximum Gasteiger partial charge on any atom is 0.294 e. The first-order valence-electron chi connectivity index (χ1n) is 7.17. The number of hydrogen-bond donors (Lipinski definition) is 2. The summed E-state index contributed by atoms with van der Waals surface area (Å²) in [5.41, 5.74) is 0. The maximum absolute atomic E-state index is 12.1. The van der Waals surface area contributed by atoms with Crippen LogP contribution >= 0.6 is 11.8 Å². The summed E-state index contributed by atoms with van der Waals surface area (Å²) in [4.78, 5) is 49.6. The largest absolute Gasteiger partial charge is 0.352 e. The Morgan fingerprint density at radius 3 is 2.22 bits per heavy atom. The molecule has 23 heavy (non-hydrogen) atoms. The second-order valence-electron chi connectivity index (χ2n) is 5.35. The summed E-state index contributed by atoms with van der Waals surface area (Å²) in [7, 11) is 0. The van der Waals surface area contributed by atoms with Crippen molar-refractivity contribution in [3.8, 4) is 0 Å². The molecule has 1 atom stereocenters. The quantitative estimate of drug-likeness (QED) is 0.331. The van der Waals surface area contributed by atoms with Crippen molar-refractivity contribution in [1.29, 1.82) is 0 Å². The van der Waals surface area contributed by atoms with E-state index in [1.54, 1.807) is 27.7 Å². The van der Waals surface area contributed by atoms with Crippen molar-refractivity contribution in [2.45, 2.75) is 33.7 Å². The van der Waals surface area contributed by atoms with Gasteiger partial charge in [0.05, 0.1) is 0 Å². The summed E-state index contributed by atoms with van der Waals surface area (Å²) >= 11 is 0.965. The van der Waals surface area contributed by atoms with Crippen LogP contribution in [0, 0.1) is 22.0 Å². The van der Waals surface area contributed by atoms with Crippen LogP contribution in [0.5, 0.6) is 0 Å². The predicted molar refractivity (Wildman–Crippen MR) is 85.0 cm³/mol. The van der Waals surface area contributed by atoms with Gasteiger partial charge < -0.3 is 15.5 Å². The summed E-state index contributed by atoms with van der Waals surface area (Å²) < 4.78 is 0. The Labute approximate surface area is 139 Å². The molecule has 0 aliphatic heterocycles. The number of amides is 2. The van der Waals surface area contributed by atoms with Gasteiger partial charge in [0.25, 0.3) is 5.09 Å². The molecule has 0 aromatic rings. The van der Waals surface area contributed by atoms with Gasteiger partial charge in [-0.1, -0.05) is 39.5 Å². The molecule has 0 heterocycles. The van der Waals surface area contributed by atoms with Crippen LogP contribution in [0.3, 0.4) is 0 Å². The first-order chi connectivity index (χ1) is 10.6. The summed E-state index contributed by atoms with van der Waals surface area (Å²) in [6, 6.07) is -0.895. The minimum Gasteiger partial charge on any atom is -0.352 e. The molecular formula is C13H23N3O6S. The standard InChI is InChI=1S/C13H23N3O6S/c1-8(2)11(17)15-10(7-23-13(19)9(3)4)12(18)14-5-6-22-16(20)21/h8-10H,5-7H2,1-4H3,(H,14,18)(H,15,17)/t10-/m0/s1. The molecule has 0 saturated carbocycles. The zero-order chi connectivity index (χ0) is 18.0. The molecule has 2 amide bonds. The summed E-state index contributed by atoms with van der Waals surface area (Å²) in [6.45, 7) is 6.49. The monoisotopic (exact) mass is 349 g/mol. The van der Waals surface area contributed by atoms with Gasteiger partial charge in [0.1, 0.15) is 12.6 Å². The second kappa shape index (κ2) is 10.8. The van der Waals surface area contributed by atoms with Crippen molar-refractivity contribution in [1.82, 2.24) is 10.6 Å². The summed E-state index contributed by atoms with van der Waals surface area (Å²) in [5, 5.41) is 14.0. The Kier molecular flexibility index (Phi) is 9.95. The van der Waals surface area contributed by atoms with Crippen LogP contribution in [0.25, 0.3) is 0 Å². The third-order valence-electron chi connectivity index (χ3n) is 2.62. The number of thioether (sulfide) groups is 1. The first kappa shape index (κ1) is 21.2. The fraction of sp³-hybridized carbons (Fsp3) is 0.769. The average Bonchev–Trinajstić information content (AvgIpc) is 2.46. The van der Waals surface area contributed by atoms with E-state index < -0.39 is 17.0 Å². The van der Waals surface area contributed by atoms with Gasteiger partial charge in [0.2, 0.25) is 11.8 Å². The highest BCUT2D eigenvalue weighted by molar-refractivity contribution is 8.13. The minimum atomic E-state index is -0.957. The van der Waals surface area contributed by atoms with Crippen molar-refractivity contribution in [3.63, 3.8) is 0 Å². The number of nitrogens with one attached hydrogen (secondary N) is 2. The zero-order valence-electron chi connectivity index (χ0n) is 13.7. The molecule has 0 aromatic carbocycles. The van der Waals surface area contributed by atoms with E-state index in [-0.39, 0.29) is 41.8 Å². The van der Waals surface area contributed by atoms with Crippen LogP contribution in [-0.4, -0.2) is 47.0 Å². The van der Waals surface area contributed by atoms with Crippen molar-refractivity contribution < 1.29 is 24.3 Å². The fourth-order valence-electron chi connectivity index (χ4n) is 1.27. The van der Waals surface area contributed by atoms with Crippen LogP contribution in [-0.2, 0) is 19.2 Å². The number of rotatable bonds is 10. The Balaban J connectivity index is 4.56. The lowest BCUT2D eigenvalue weighted by Gasteiger charge is -2.19. The summed E-state index contributed by atoms with van der Waals surface area (Å²) in [6.07, 6.45) is 0. The van der Waals surface area contributed by atoms with E-state index >= 15 is 0 Å². The van der Waals surface area contributed by atoms with E-state index in [9.17, 15) is 24.5 Å². The van der Waals surface area contributed by atoms with Gasteiger partial charge in [-0.3, -0.25) is 14.4 Å². The first-order valence-corrected chi connectivity index (χ1v) is 8.15. The highest BCUT2D eigenvalue weighted by Crippen LogP contribution is 2.12. The molecule has 0 radical (unpaired) electrons. The molecule has 0 aliphatic carbocycles. The van der Waals surface area contributed by atoms with Gasteiger partial charge >= 0.3 is 0 Å². The Hall–Kier alpha value is -1.84. The fourth-order valence-corrected chi connectivity index (χ4v) is 2.17. The molecule has 2 N–H and O–H groups in total. The lowest BCUT2D eigenvalue weighted by Crippen LogP contribution is -2.50. The topological polar surface area (TPSA) is 128 Å². The lowest BCUT2D eigenvalue weighted by molar-refractivity contribution is -0.757. The Morgan fingerprint density at radius 1 is 1.13 bits per heavy atom. The predicted octanol–water partition coefficient (Wildman–Crippen LogP) is 0.368. The molecule has 0 unspecified atom stereocenters. The second-order valence-corrected chi connectivity index (χ2v) is 6.37. The van der Waals surface area contributed by atoms with E-state index in [2.05, 4.69) is 15.5 Å². The van der Waals surface area contributed by atoms with E-state index in [4.69, 9.17) is 0 Å². The molecule has 0 fully saturated rings. The van der Waals surface area contributed by atoms with Crippen molar-refractivity contribution >= 4 is 28.7 Å². The van der Waals surface area contributed by atoms with Gasteiger partial charge in [-0.05, 0) is 0 Å². The molecule has 0 aliphatic rings. The number of hydrogen-bond acceptors (Lipinski definition) is 7. The van der Waals surface area contributed by atoms with E-state index in [0.29, 0.717) is 0 Å². The third-order valence-corrected chi connectivity index (χ3v) is 3.87. The van der Waals surface area contributed by atoms with Crippen molar-refractivity contribution in [3.05, 3.63) is 10.1 Å². The van der Waals surface area contributed by atoms with Gasteiger partial charge in [-0.2, -0.15) is 0 Å². The van der Waals surface area contributed by atoms with Gasteiger partial charge in [-0.15, -0.1) is 10.1 Å². The van der Waals surface area contributed by atoms with Gasteiger partial charge in [0, 0.05) is 24.1 Å². The van der Waals surface area contributed by atoms with E-state index in [1.165, 1.54) is 0 Å². The molecule has 9 nitrogen and oxygen atoms in total. The average molecular weight is 349 g/mol. The SMILES string of the molecule is CC(C)C(=O)N[C@@H](CSC(=O)C(C)C)C(=O)NCCO[N+](=O)[O-]. The smallest absolute Gasteiger partial charge is 0.294 e. The number of nitrogens with zero attached hydrogens (tertiary/aromatic N) is 1. The number of carbonyl (C=O) groups excluding carboxylic acids is 3. The van der Waals surface area contributed by atoms with Gasteiger partial charge in [0.15, 0.2) is 5.12 Å². The van der Waals surface area contributed by atoms with Gasteiger partial charge in [-0.25, -0.2) is 0 Å². The molecule has 0 spiro atoms. The van der Waals surface area contributed by atoms with Crippen molar-refractivity contribution in [2.24, 2.45) is 11.8 Å². The highest BCUT2D eigenvalue weighted by atomic mass is 32.2. The molecule has 0 rings (SSSR count). The van der Waals surface area contributed by atoms with Crippen LogP contribution in [0.15, 0.2) is 0 Å². The minimum absolute atomic E-state index is 0.0728.